The molecule has 1 aliphatic heterocycles. The van der Waals surface area contributed by atoms with Gasteiger partial charge in [-0.25, -0.2) is 4.98 Å². The molecule has 5 nitrogen and oxygen atoms in total. The lowest BCUT2D eigenvalue weighted by atomic mass is 10.1. The number of aromatic nitrogens is 1. The van der Waals surface area contributed by atoms with E-state index in [0.29, 0.717) is 11.7 Å². The van der Waals surface area contributed by atoms with Gasteiger partial charge in [0.25, 0.3) is 0 Å². The standard InChI is InChI=1S/C16H17N3O2S/c1-10-3-4-13(7-11(10)2)19-9-12(8-14(19)20)15(21)18-16-17-5-6-22-16/h3-7,12H,8-9H2,1-2H3,(H,17,18,21)/t12-/m1/s1. The molecule has 1 atom stereocenters. The summed E-state index contributed by atoms with van der Waals surface area (Å²) < 4.78 is 0. The first-order valence-electron chi connectivity index (χ1n) is 7.12. The van der Waals surface area contributed by atoms with Gasteiger partial charge in [-0.1, -0.05) is 6.07 Å². The molecule has 3 rings (SSSR count). The molecular weight excluding hydrogens is 298 g/mol. The summed E-state index contributed by atoms with van der Waals surface area (Å²) in [7, 11) is 0. The van der Waals surface area contributed by atoms with Crippen LogP contribution in [0.1, 0.15) is 17.5 Å². The second-order valence-corrected chi connectivity index (χ2v) is 6.40. The van der Waals surface area contributed by atoms with Gasteiger partial charge in [0.05, 0.1) is 5.92 Å². The van der Waals surface area contributed by atoms with Gasteiger partial charge in [0.15, 0.2) is 5.13 Å². The largest absolute Gasteiger partial charge is 0.312 e. The average molecular weight is 315 g/mol. The average Bonchev–Trinajstić information content (AvgIpc) is 3.11. The Kier molecular flexibility index (Phi) is 3.94. The van der Waals surface area contributed by atoms with Gasteiger partial charge < -0.3 is 10.2 Å². The second-order valence-electron chi connectivity index (χ2n) is 5.50. The number of hydrogen-bond acceptors (Lipinski definition) is 4. The molecule has 1 N–H and O–H groups in total. The monoisotopic (exact) mass is 315 g/mol. The molecule has 2 heterocycles. The number of carbonyl (C=O) groups is 2. The molecule has 0 radical (unpaired) electrons. The molecule has 2 amide bonds. The molecule has 0 aliphatic carbocycles. The van der Waals surface area contributed by atoms with Gasteiger partial charge in [0.2, 0.25) is 11.8 Å². The predicted octanol–water partition coefficient (Wildman–Crippen LogP) is 2.75. The smallest absolute Gasteiger partial charge is 0.231 e. The highest BCUT2D eigenvalue weighted by Gasteiger charge is 2.35. The van der Waals surface area contributed by atoms with E-state index in [0.717, 1.165) is 11.3 Å². The molecule has 1 aromatic heterocycles. The SMILES string of the molecule is Cc1ccc(N2C[C@H](C(=O)Nc3nccs3)CC2=O)cc1C. The summed E-state index contributed by atoms with van der Waals surface area (Å²) in [5.41, 5.74) is 3.19. The third-order valence-corrected chi connectivity index (χ3v) is 4.65. The minimum atomic E-state index is -0.335. The van der Waals surface area contributed by atoms with Crippen LogP contribution in [-0.2, 0) is 9.59 Å². The van der Waals surface area contributed by atoms with Crippen LogP contribution in [0.2, 0.25) is 0 Å². The molecule has 0 spiro atoms. The van der Waals surface area contributed by atoms with E-state index in [-0.39, 0.29) is 24.2 Å². The zero-order chi connectivity index (χ0) is 15.7. The topological polar surface area (TPSA) is 62.3 Å². The Hall–Kier alpha value is -2.21. The van der Waals surface area contributed by atoms with Crippen LogP contribution in [0.15, 0.2) is 29.8 Å². The van der Waals surface area contributed by atoms with E-state index in [4.69, 9.17) is 0 Å². The lowest BCUT2D eigenvalue weighted by molar-refractivity contribution is -0.122. The van der Waals surface area contributed by atoms with E-state index in [9.17, 15) is 9.59 Å². The van der Waals surface area contributed by atoms with Crippen LogP contribution in [0.4, 0.5) is 10.8 Å². The number of nitrogens with one attached hydrogen (secondary N) is 1. The van der Waals surface area contributed by atoms with Crippen molar-refractivity contribution in [2.45, 2.75) is 20.3 Å². The maximum absolute atomic E-state index is 12.2. The van der Waals surface area contributed by atoms with Crippen molar-refractivity contribution in [1.29, 1.82) is 0 Å². The lowest BCUT2D eigenvalue weighted by Gasteiger charge is -2.17. The summed E-state index contributed by atoms with van der Waals surface area (Å²) >= 11 is 1.37. The van der Waals surface area contributed by atoms with E-state index in [1.807, 2.05) is 32.0 Å². The first-order chi connectivity index (χ1) is 10.5. The summed E-state index contributed by atoms with van der Waals surface area (Å²) in [5, 5.41) is 5.14. The number of amides is 2. The molecule has 0 bridgehead atoms. The third-order valence-electron chi connectivity index (χ3n) is 3.96. The number of rotatable bonds is 3. The maximum Gasteiger partial charge on any atom is 0.231 e. The van der Waals surface area contributed by atoms with Crippen molar-refractivity contribution < 1.29 is 9.59 Å². The van der Waals surface area contributed by atoms with E-state index >= 15 is 0 Å². The van der Waals surface area contributed by atoms with Crippen LogP contribution in [0.3, 0.4) is 0 Å². The van der Waals surface area contributed by atoms with E-state index < -0.39 is 0 Å². The normalized spacial score (nSPS) is 17.8. The molecular formula is C16H17N3O2S. The quantitative estimate of drug-likeness (QED) is 0.947. The lowest BCUT2D eigenvalue weighted by Crippen LogP contribution is -2.28. The molecule has 6 heteroatoms. The molecule has 1 fully saturated rings. The highest BCUT2D eigenvalue weighted by Crippen LogP contribution is 2.27. The number of thiazole rings is 1. The number of anilines is 2. The fourth-order valence-electron chi connectivity index (χ4n) is 2.52. The maximum atomic E-state index is 12.2. The molecule has 1 saturated heterocycles. The van der Waals surface area contributed by atoms with Crippen molar-refractivity contribution in [1.82, 2.24) is 4.98 Å². The number of nitrogens with zero attached hydrogens (tertiary/aromatic N) is 2. The Bertz CT molecular complexity index is 712. The van der Waals surface area contributed by atoms with Crippen LogP contribution in [0.25, 0.3) is 0 Å². The Morgan fingerprint density at radius 2 is 2.18 bits per heavy atom. The van der Waals surface area contributed by atoms with Gasteiger partial charge in [-0.05, 0) is 37.1 Å². The minimum absolute atomic E-state index is 0.0115. The second kappa shape index (κ2) is 5.88. The molecule has 2 aromatic rings. The summed E-state index contributed by atoms with van der Waals surface area (Å²) in [4.78, 5) is 30.2. The van der Waals surface area contributed by atoms with Gasteiger partial charge in [0, 0.05) is 30.2 Å². The minimum Gasteiger partial charge on any atom is -0.312 e. The van der Waals surface area contributed by atoms with Crippen LogP contribution < -0.4 is 10.2 Å². The van der Waals surface area contributed by atoms with Crippen LogP contribution >= 0.6 is 11.3 Å². The first kappa shape index (κ1) is 14.7. The Labute approximate surface area is 133 Å². The van der Waals surface area contributed by atoms with Gasteiger partial charge in [0.1, 0.15) is 0 Å². The van der Waals surface area contributed by atoms with Crippen LogP contribution in [-0.4, -0.2) is 23.3 Å². The number of carbonyl (C=O) groups excluding carboxylic acids is 2. The predicted molar refractivity (Wildman–Crippen MR) is 87.1 cm³/mol. The molecule has 114 valence electrons. The van der Waals surface area contributed by atoms with Crippen molar-refractivity contribution in [3.63, 3.8) is 0 Å². The summed E-state index contributed by atoms with van der Waals surface area (Å²) in [6.07, 6.45) is 1.88. The Morgan fingerprint density at radius 1 is 1.36 bits per heavy atom. The number of benzene rings is 1. The van der Waals surface area contributed by atoms with Crippen LogP contribution in [0.5, 0.6) is 0 Å². The van der Waals surface area contributed by atoms with Crippen LogP contribution in [0, 0.1) is 19.8 Å². The first-order valence-corrected chi connectivity index (χ1v) is 8.00. The Balaban J connectivity index is 1.72. The molecule has 0 saturated carbocycles. The highest BCUT2D eigenvalue weighted by atomic mass is 32.1. The highest BCUT2D eigenvalue weighted by molar-refractivity contribution is 7.13. The van der Waals surface area contributed by atoms with Gasteiger partial charge >= 0.3 is 0 Å². The molecule has 22 heavy (non-hydrogen) atoms. The molecule has 1 aromatic carbocycles. The van der Waals surface area contributed by atoms with E-state index in [1.54, 1.807) is 16.5 Å². The Morgan fingerprint density at radius 3 is 2.86 bits per heavy atom. The number of hydrogen-bond donors (Lipinski definition) is 1. The zero-order valence-electron chi connectivity index (χ0n) is 12.5. The van der Waals surface area contributed by atoms with Gasteiger partial charge in [-0.2, -0.15) is 0 Å². The van der Waals surface area contributed by atoms with E-state index in [1.165, 1.54) is 16.9 Å². The molecule has 0 unspecified atom stereocenters. The fourth-order valence-corrected chi connectivity index (χ4v) is 3.05. The number of aryl methyl sites for hydroxylation is 2. The molecule has 1 aliphatic rings. The van der Waals surface area contributed by atoms with E-state index in [2.05, 4.69) is 10.3 Å². The van der Waals surface area contributed by atoms with Crippen molar-refractivity contribution in [2.24, 2.45) is 5.92 Å². The third kappa shape index (κ3) is 2.87. The summed E-state index contributed by atoms with van der Waals surface area (Å²) in [6, 6.07) is 5.93. The van der Waals surface area contributed by atoms with Crippen molar-refractivity contribution in [2.75, 3.05) is 16.8 Å². The van der Waals surface area contributed by atoms with Crippen molar-refractivity contribution in [3.8, 4) is 0 Å². The van der Waals surface area contributed by atoms with Crippen molar-refractivity contribution >= 4 is 34.0 Å². The fraction of sp³-hybridized carbons (Fsp3) is 0.312. The van der Waals surface area contributed by atoms with Gasteiger partial charge in [-0.15, -0.1) is 11.3 Å². The summed E-state index contributed by atoms with van der Waals surface area (Å²) in [5.74, 6) is -0.491. The van der Waals surface area contributed by atoms with Gasteiger partial charge in [-0.3, -0.25) is 9.59 Å². The zero-order valence-corrected chi connectivity index (χ0v) is 13.3. The van der Waals surface area contributed by atoms with Crippen molar-refractivity contribution in [3.05, 3.63) is 40.9 Å². The summed E-state index contributed by atoms with van der Waals surface area (Å²) in [6.45, 7) is 4.47.